The van der Waals surface area contributed by atoms with Crippen LogP contribution >= 0.6 is 11.6 Å². The Hall–Kier alpha value is -3.42. The minimum absolute atomic E-state index is 0.0480. The van der Waals surface area contributed by atoms with Crippen molar-refractivity contribution in [3.63, 3.8) is 0 Å². The normalized spacial score (nSPS) is 18.0. The molecule has 1 aliphatic carbocycles. The highest BCUT2D eigenvalue weighted by molar-refractivity contribution is 6.32. The molecule has 1 unspecified atom stereocenters. The van der Waals surface area contributed by atoms with E-state index in [1.165, 1.54) is 11.1 Å². The average Bonchev–Trinajstić information content (AvgIpc) is 2.98. The summed E-state index contributed by atoms with van der Waals surface area (Å²) in [6.07, 6.45) is 5.53. The van der Waals surface area contributed by atoms with Crippen molar-refractivity contribution in [3.8, 4) is 11.9 Å². The van der Waals surface area contributed by atoms with E-state index in [1.807, 2.05) is 41.3 Å². The molecule has 2 aromatic carbocycles. The third kappa shape index (κ3) is 6.10. The van der Waals surface area contributed by atoms with Gasteiger partial charge >= 0.3 is 6.01 Å². The molecule has 1 aliphatic heterocycles. The number of rotatable bonds is 7. The minimum Gasteiger partial charge on any atom is -0.481 e. The van der Waals surface area contributed by atoms with E-state index in [4.69, 9.17) is 26.1 Å². The second-order valence-electron chi connectivity index (χ2n) is 10.2. The molecule has 2 heterocycles. The van der Waals surface area contributed by atoms with Crippen molar-refractivity contribution in [2.24, 2.45) is 0 Å². The zero-order chi connectivity index (χ0) is 27.4. The molecule has 5 rings (SSSR count). The largest absolute Gasteiger partial charge is 0.481 e. The molecule has 0 saturated carbocycles. The molecule has 2 aliphatic rings. The second-order valence-corrected chi connectivity index (χ2v) is 10.6. The molecule has 1 fully saturated rings. The van der Waals surface area contributed by atoms with Crippen LogP contribution in [-0.2, 0) is 6.42 Å². The Morgan fingerprint density at radius 1 is 1.03 bits per heavy atom. The van der Waals surface area contributed by atoms with E-state index < -0.39 is 0 Å². The number of amides is 1. The fraction of sp³-hybridized carbons (Fsp3) is 0.387. The lowest BCUT2D eigenvalue weighted by Crippen LogP contribution is -2.47. The number of likely N-dealkylation sites (N-methyl/N-ethyl adjacent to an activating group) is 1. The molecule has 8 heteroatoms. The van der Waals surface area contributed by atoms with E-state index in [0.717, 1.165) is 62.3 Å². The van der Waals surface area contributed by atoms with Gasteiger partial charge in [-0.2, -0.15) is 9.97 Å². The fourth-order valence-electron chi connectivity index (χ4n) is 5.45. The van der Waals surface area contributed by atoms with E-state index in [0.29, 0.717) is 28.9 Å². The summed E-state index contributed by atoms with van der Waals surface area (Å²) in [6, 6.07) is 16.3. The van der Waals surface area contributed by atoms with Gasteiger partial charge in [-0.1, -0.05) is 54.1 Å². The van der Waals surface area contributed by atoms with Gasteiger partial charge in [-0.3, -0.25) is 4.79 Å². The highest BCUT2D eigenvalue weighted by Crippen LogP contribution is 2.41. The molecule has 204 valence electrons. The standard InChI is InChI=1S/C31H35ClN4O3/c1-35-15-17-36(18-16-35)30(37)24-13-14-25(27(32)20-24)22-9-11-23(12-10-22)28-26(19-21-7-5-4-6-8-21)29(38-2)34-31(33-28)39-3/h4-9,13-14,20,23H,10-12,15-19H2,1-3H3. The van der Waals surface area contributed by atoms with Crippen LogP contribution in [0.4, 0.5) is 0 Å². The number of nitrogens with zero attached hydrogens (tertiary/aromatic N) is 4. The average molecular weight is 547 g/mol. The molecule has 3 aromatic rings. The molecule has 0 spiro atoms. The number of hydrogen-bond donors (Lipinski definition) is 0. The summed E-state index contributed by atoms with van der Waals surface area (Å²) in [7, 11) is 5.30. The van der Waals surface area contributed by atoms with Crippen molar-refractivity contribution in [2.45, 2.75) is 31.6 Å². The number of piperazine rings is 1. The zero-order valence-electron chi connectivity index (χ0n) is 22.8. The Balaban J connectivity index is 1.36. The van der Waals surface area contributed by atoms with Crippen molar-refractivity contribution in [3.05, 3.63) is 87.6 Å². The van der Waals surface area contributed by atoms with Gasteiger partial charge in [0.15, 0.2) is 0 Å². The van der Waals surface area contributed by atoms with Gasteiger partial charge in [0.1, 0.15) is 0 Å². The first-order valence-electron chi connectivity index (χ1n) is 13.5. The quantitative estimate of drug-likeness (QED) is 0.391. The third-order valence-corrected chi connectivity index (χ3v) is 8.04. The maximum absolute atomic E-state index is 13.0. The van der Waals surface area contributed by atoms with Gasteiger partial charge in [0.2, 0.25) is 5.88 Å². The maximum Gasteiger partial charge on any atom is 0.319 e. The first-order valence-corrected chi connectivity index (χ1v) is 13.8. The van der Waals surface area contributed by atoms with Crippen LogP contribution in [0, 0.1) is 0 Å². The van der Waals surface area contributed by atoms with Crippen molar-refractivity contribution in [1.29, 1.82) is 0 Å². The summed E-state index contributed by atoms with van der Waals surface area (Å²) in [6.45, 7) is 3.27. The number of ether oxygens (including phenoxy) is 2. The lowest BCUT2D eigenvalue weighted by Gasteiger charge is -2.32. The Morgan fingerprint density at radius 2 is 1.79 bits per heavy atom. The summed E-state index contributed by atoms with van der Waals surface area (Å²) in [5.41, 5.74) is 5.98. The van der Waals surface area contributed by atoms with Crippen molar-refractivity contribution < 1.29 is 14.3 Å². The molecular formula is C31H35ClN4O3. The van der Waals surface area contributed by atoms with Crippen LogP contribution in [-0.4, -0.2) is 73.1 Å². The van der Waals surface area contributed by atoms with Gasteiger partial charge in [-0.25, -0.2) is 0 Å². The minimum atomic E-state index is 0.0480. The van der Waals surface area contributed by atoms with Crippen molar-refractivity contribution in [2.75, 3.05) is 47.4 Å². The first kappa shape index (κ1) is 27.2. The SMILES string of the molecule is COc1nc(OC)c(Cc2ccccc2)c(C2CC=C(c3ccc(C(=O)N4CCN(C)CC4)cc3Cl)CC2)n1. The number of benzene rings is 2. The summed E-state index contributed by atoms with van der Waals surface area (Å²) >= 11 is 6.74. The van der Waals surface area contributed by atoms with E-state index in [2.05, 4.69) is 35.1 Å². The Bertz CT molecular complexity index is 1350. The van der Waals surface area contributed by atoms with E-state index in [9.17, 15) is 4.79 Å². The van der Waals surface area contributed by atoms with Crippen molar-refractivity contribution >= 4 is 23.1 Å². The Kier molecular flexibility index (Phi) is 8.48. The molecule has 39 heavy (non-hydrogen) atoms. The first-order chi connectivity index (χ1) is 19.0. The number of aromatic nitrogens is 2. The summed E-state index contributed by atoms with van der Waals surface area (Å²) in [4.78, 5) is 26.4. The molecule has 0 N–H and O–H groups in total. The highest BCUT2D eigenvalue weighted by Gasteiger charge is 2.27. The molecule has 1 amide bonds. The van der Waals surface area contributed by atoms with Gasteiger partial charge in [0.25, 0.3) is 5.91 Å². The summed E-state index contributed by atoms with van der Waals surface area (Å²) in [5, 5.41) is 0.620. The number of carbonyl (C=O) groups is 1. The van der Waals surface area contributed by atoms with E-state index >= 15 is 0 Å². The van der Waals surface area contributed by atoms with Crippen LogP contribution in [0.3, 0.4) is 0 Å². The van der Waals surface area contributed by atoms with Gasteiger partial charge in [0.05, 0.1) is 19.9 Å². The van der Waals surface area contributed by atoms with Gasteiger partial charge < -0.3 is 19.3 Å². The Labute approximate surface area is 235 Å². The lowest BCUT2D eigenvalue weighted by atomic mass is 9.82. The predicted molar refractivity (Wildman–Crippen MR) is 154 cm³/mol. The Morgan fingerprint density at radius 3 is 2.44 bits per heavy atom. The van der Waals surface area contributed by atoms with Crippen LogP contribution in [0.1, 0.15) is 57.9 Å². The number of halogens is 1. The molecule has 1 atom stereocenters. The van der Waals surface area contributed by atoms with Crippen LogP contribution < -0.4 is 9.47 Å². The lowest BCUT2D eigenvalue weighted by molar-refractivity contribution is 0.0664. The van der Waals surface area contributed by atoms with Gasteiger partial charge in [0, 0.05) is 54.7 Å². The molecular weight excluding hydrogens is 512 g/mol. The zero-order valence-corrected chi connectivity index (χ0v) is 23.6. The van der Waals surface area contributed by atoms with Crippen LogP contribution in [0.15, 0.2) is 54.6 Å². The second kappa shape index (κ2) is 12.2. The van der Waals surface area contributed by atoms with Crippen LogP contribution in [0.25, 0.3) is 5.57 Å². The number of allylic oxidation sites excluding steroid dienone is 2. The molecule has 1 saturated heterocycles. The highest BCUT2D eigenvalue weighted by atomic mass is 35.5. The topological polar surface area (TPSA) is 67.8 Å². The van der Waals surface area contributed by atoms with Crippen molar-refractivity contribution in [1.82, 2.24) is 19.8 Å². The summed E-state index contributed by atoms with van der Waals surface area (Å²) in [5.74, 6) is 0.807. The monoisotopic (exact) mass is 546 g/mol. The van der Waals surface area contributed by atoms with Crippen LogP contribution in [0.5, 0.6) is 11.9 Å². The smallest absolute Gasteiger partial charge is 0.319 e. The summed E-state index contributed by atoms with van der Waals surface area (Å²) < 4.78 is 11.1. The van der Waals surface area contributed by atoms with E-state index in [1.54, 1.807) is 14.2 Å². The van der Waals surface area contributed by atoms with Crippen LogP contribution in [0.2, 0.25) is 5.02 Å². The molecule has 0 bridgehead atoms. The van der Waals surface area contributed by atoms with Gasteiger partial charge in [-0.15, -0.1) is 0 Å². The maximum atomic E-state index is 13.0. The number of carbonyl (C=O) groups excluding carboxylic acids is 1. The third-order valence-electron chi connectivity index (χ3n) is 7.73. The van der Waals surface area contributed by atoms with E-state index in [-0.39, 0.29) is 11.8 Å². The fourth-order valence-corrected chi connectivity index (χ4v) is 5.75. The number of methoxy groups -OCH3 is 2. The van der Waals surface area contributed by atoms with Gasteiger partial charge in [-0.05, 0) is 55.1 Å². The predicted octanol–water partition coefficient (Wildman–Crippen LogP) is 5.48. The molecule has 1 aromatic heterocycles. The molecule has 7 nitrogen and oxygen atoms in total. The number of hydrogen-bond acceptors (Lipinski definition) is 6. The molecule has 0 radical (unpaired) electrons.